The number of hydrogen-bond donors (Lipinski definition) is 2. The van der Waals surface area contributed by atoms with E-state index >= 15 is 0 Å². The molecule has 0 unspecified atom stereocenters. The number of anilines is 1. The lowest BCUT2D eigenvalue weighted by Crippen LogP contribution is -2.32. The fraction of sp³-hybridized carbons (Fsp3) is 0.562. The highest BCUT2D eigenvalue weighted by Crippen LogP contribution is 2.13. The molecule has 0 bridgehead atoms. The molecule has 1 aromatic carbocycles. The van der Waals surface area contributed by atoms with Crippen LogP contribution in [0.1, 0.15) is 31.4 Å². The van der Waals surface area contributed by atoms with Gasteiger partial charge < -0.3 is 15.5 Å². The molecular formula is C16H27N3O. The maximum Gasteiger partial charge on any atom is 0.319 e. The Morgan fingerprint density at radius 3 is 2.25 bits per heavy atom. The number of nitrogens with one attached hydrogen (secondary N) is 2. The molecule has 0 saturated carbocycles. The molecule has 4 heteroatoms. The lowest BCUT2D eigenvalue weighted by Gasteiger charge is -2.17. The van der Waals surface area contributed by atoms with Crippen LogP contribution >= 0.6 is 0 Å². The van der Waals surface area contributed by atoms with Crippen molar-refractivity contribution in [3.63, 3.8) is 0 Å². The van der Waals surface area contributed by atoms with Gasteiger partial charge >= 0.3 is 6.03 Å². The van der Waals surface area contributed by atoms with Gasteiger partial charge in [-0.2, -0.15) is 0 Å². The van der Waals surface area contributed by atoms with E-state index < -0.39 is 0 Å². The molecule has 1 rings (SSSR count). The minimum atomic E-state index is -0.130. The van der Waals surface area contributed by atoms with Gasteiger partial charge in [-0.15, -0.1) is 0 Å². The summed E-state index contributed by atoms with van der Waals surface area (Å²) in [5, 5.41) is 5.77. The summed E-state index contributed by atoms with van der Waals surface area (Å²) in [7, 11) is 0. The Kier molecular flexibility index (Phi) is 7.09. The van der Waals surface area contributed by atoms with Gasteiger partial charge in [-0.1, -0.05) is 19.9 Å². The van der Waals surface area contributed by atoms with Crippen molar-refractivity contribution in [2.24, 2.45) is 0 Å². The van der Waals surface area contributed by atoms with Gasteiger partial charge in [0.2, 0.25) is 0 Å². The fourth-order valence-corrected chi connectivity index (χ4v) is 2.27. The summed E-state index contributed by atoms with van der Waals surface area (Å²) in [5.74, 6) is 0. The zero-order valence-corrected chi connectivity index (χ0v) is 13.1. The van der Waals surface area contributed by atoms with Crippen LogP contribution in [-0.2, 0) is 0 Å². The third-order valence-corrected chi connectivity index (χ3v) is 3.31. The number of benzene rings is 1. The van der Waals surface area contributed by atoms with Crippen molar-refractivity contribution >= 4 is 11.7 Å². The molecule has 20 heavy (non-hydrogen) atoms. The number of amides is 2. The van der Waals surface area contributed by atoms with Gasteiger partial charge in [0.05, 0.1) is 0 Å². The Labute approximate surface area is 122 Å². The first-order chi connectivity index (χ1) is 9.55. The Balaban J connectivity index is 2.30. The molecule has 4 nitrogen and oxygen atoms in total. The second kappa shape index (κ2) is 8.59. The van der Waals surface area contributed by atoms with Crippen LogP contribution in [0.25, 0.3) is 0 Å². The summed E-state index contributed by atoms with van der Waals surface area (Å²) in [4.78, 5) is 14.1. The molecule has 1 aromatic rings. The average Bonchev–Trinajstić information content (AvgIpc) is 2.37. The molecule has 0 fully saturated rings. The van der Waals surface area contributed by atoms with Gasteiger partial charge in [0, 0.05) is 12.2 Å². The summed E-state index contributed by atoms with van der Waals surface area (Å²) in [5.41, 5.74) is 3.16. The maximum atomic E-state index is 11.8. The fourth-order valence-electron chi connectivity index (χ4n) is 2.27. The Morgan fingerprint density at radius 2 is 1.70 bits per heavy atom. The first kappa shape index (κ1) is 16.5. The highest BCUT2D eigenvalue weighted by atomic mass is 16.2. The second-order valence-corrected chi connectivity index (χ2v) is 5.14. The molecule has 0 radical (unpaired) electrons. The summed E-state index contributed by atoms with van der Waals surface area (Å²) in [6.45, 7) is 12.2. The number of nitrogens with zero attached hydrogens (tertiary/aromatic N) is 1. The molecule has 0 aromatic heterocycles. The summed E-state index contributed by atoms with van der Waals surface area (Å²) < 4.78 is 0. The minimum Gasteiger partial charge on any atom is -0.338 e. The second-order valence-electron chi connectivity index (χ2n) is 5.14. The van der Waals surface area contributed by atoms with Crippen LogP contribution in [-0.4, -0.2) is 37.1 Å². The number of rotatable bonds is 7. The largest absolute Gasteiger partial charge is 0.338 e. The van der Waals surface area contributed by atoms with Crippen molar-refractivity contribution in [2.45, 2.75) is 34.1 Å². The molecule has 112 valence electrons. The number of aryl methyl sites for hydroxylation is 2. The van der Waals surface area contributed by atoms with Crippen LogP contribution in [0.5, 0.6) is 0 Å². The molecular weight excluding hydrogens is 250 g/mol. The molecule has 0 aliphatic heterocycles. The third-order valence-electron chi connectivity index (χ3n) is 3.31. The van der Waals surface area contributed by atoms with Crippen LogP contribution in [0, 0.1) is 13.8 Å². The molecule has 0 aliphatic carbocycles. The van der Waals surface area contributed by atoms with E-state index in [2.05, 4.69) is 35.4 Å². The van der Waals surface area contributed by atoms with Crippen molar-refractivity contribution in [1.82, 2.24) is 10.2 Å². The minimum absolute atomic E-state index is 0.130. The molecule has 0 spiro atoms. The highest BCUT2D eigenvalue weighted by Gasteiger charge is 2.03. The quantitative estimate of drug-likeness (QED) is 0.752. The van der Waals surface area contributed by atoms with E-state index in [4.69, 9.17) is 0 Å². The van der Waals surface area contributed by atoms with Gasteiger partial charge in [-0.05, 0) is 63.2 Å². The Hall–Kier alpha value is -1.55. The SMILES string of the molecule is CCN(CC)CCCNC(=O)Nc1cc(C)cc(C)c1. The topological polar surface area (TPSA) is 44.4 Å². The van der Waals surface area contributed by atoms with E-state index in [-0.39, 0.29) is 6.03 Å². The van der Waals surface area contributed by atoms with Gasteiger partial charge in [0.1, 0.15) is 0 Å². The van der Waals surface area contributed by atoms with Crippen molar-refractivity contribution < 1.29 is 4.79 Å². The van der Waals surface area contributed by atoms with Gasteiger partial charge in [0.15, 0.2) is 0 Å². The van der Waals surface area contributed by atoms with Crippen molar-refractivity contribution in [3.05, 3.63) is 29.3 Å². The van der Waals surface area contributed by atoms with E-state index in [0.29, 0.717) is 6.54 Å². The highest BCUT2D eigenvalue weighted by molar-refractivity contribution is 5.89. The van der Waals surface area contributed by atoms with E-state index in [1.807, 2.05) is 26.0 Å². The third kappa shape index (κ3) is 6.06. The predicted molar refractivity (Wildman–Crippen MR) is 85.3 cm³/mol. The summed E-state index contributed by atoms with van der Waals surface area (Å²) in [6.07, 6.45) is 0.974. The van der Waals surface area contributed by atoms with Crippen LogP contribution in [0.4, 0.5) is 10.5 Å². The zero-order valence-electron chi connectivity index (χ0n) is 13.1. The predicted octanol–water partition coefficient (Wildman–Crippen LogP) is 3.16. The lowest BCUT2D eigenvalue weighted by molar-refractivity contribution is 0.250. The first-order valence-corrected chi connectivity index (χ1v) is 7.40. The summed E-state index contributed by atoms with van der Waals surface area (Å²) >= 11 is 0. The molecule has 0 saturated heterocycles. The number of carbonyl (C=O) groups is 1. The number of hydrogen-bond acceptors (Lipinski definition) is 2. The van der Waals surface area contributed by atoms with Crippen molar-refractivity contribution in [2.75, 3.05) is 31.5 Å². The zero-order chi connectivity index (χ0) is 15.0. The molecule has 0 atom stereocenters. The molecule has 2 amide bonds. The van der Waals surface area contributed by atoms with Crippen LogP contribution < -0.4 is 10.6 Å². The standard InChI is InChI=1S/C16H27N3O/c1-5-19(6-2)9-7-8-17-16(20)18-15-11-13(3)10-14(4)12-15/h10-12H,5-9H2,1-4H3,(H2,17,18,20). The van der Waals surface area contributed by atoms with E-state index in [1.165, 1.54) is 0 Å². The number of urea groups is 1. The average molecular weight is 277 g/mol. The monoisotopic (exact) mass is 277 g/mol. The van der Waals surface area contributed by atoms with Crippen LogP contribution in [0.3, 0.4) is 0 Å². The van der Waals surface area contributed by atoms with E-state index in [1.54, 1.807) is 0 Å². The Morgan fingerprint density at radius 1 is 1.10 bits per heavy atom. The van der Waals surface area contributed by atoms with Gasteiger partial charge in [0.25, 0.3) is 0 Å². The van der Waals surface area contributed by atoms with Crippen LogP contribution in [0.2, 0.25) is 0 Å². The molecule has 2 N–H and O–H groups in total. The maximum absolute atomic E-state index is 11.8. The van der Waals surface area contributed by atoms with E-state index in [9.17, 15) is 4.79 Å². The van der Waals surface area contributed by atoms with Crippen molar-refractivity contribution in [3.8, 4) is 0 Å². The summed E-state index contributed by atoms with van der Waals surface area (Å²) in [6, 6.07) is 5.91. The van der Waals surface area contributed by atoms with Gasteiger partial charge in [-0.3, -0.25) is 0 Å². The van der Waals surface area contributed by atoms with Crippen LogP contribution in [0.15, 0.2) is 18.2 Å². The normalized spacial score (nSPS) is 10.7. The van der Waals surface area contributed by atoms with E-state index in [0.717, 1.165) is 42.9 Å². The smallest absolute Gasteiger partial charge is 0.319 e. The Bertz CT molecular complexity index is 407. The molecule has 0 aliphatic rings. The first-order valence-electron chi connectivity index (χ1n) is 7.40. The number of carbonyl (C=O) groups excluding carboxylic acids is 1. The van der Waals surface area contributed by atoms with Gasteiger partial charge in [-0.25, -0.2) is 4.79 Å². The van der Waals surface area contributed by atoms with Crippen molar-refractivity contribution in [1.29, 1.82) is 0 Å². The lowest BCUT2D eigenvalue weighted by atomic mass is 10.1. The molecule has 0 heterocycles.